The summed E-state index contributed by atoms with van der Waals surface area (Å²) in [6, 6.07) is 14.3. The van der Waals surface area contributed by atoms with E-state index < -0.39 is 0 Å². The van der Waals surface area contributed by atoms with Gasteiger partial charge in [0, 0.05) is 30.6 Å². The minimum Gasteiger partial charge on any atom is -0.468 e. The van der Waals surface area contributed by atoms with Crippen molar-refractivity contribution < 1.29 is 14.1 Å². The van der Waals surface area contributed by atoms with E-state index in [2.05, 4.69) is 34.3 Å². The molecule has 1 aromatic heterocycles. The smallest absolute Gasteiger partial charge is 0.323 e. The zero-order valence-corrected chi connectivity index (χ0v) is 15.1. The summed E-state index contributed by atoms with van der Waals surface area (Å²) in [6.45, 7) is 3.42. The zero-order valence-electron chi connectivity index (χ0n) is 15.1. The van der Waals surface area contributed by atoms with Crippen molar-refractivity contribution >= 4 is 16.7 Å². The van der Waals surface area contributed by atoms with Crippen molar-refractivity contribution in [2.45, 2.75) is 32.4 Å². The summed E-state index contributed by atoms with van der Waals surface area (Å²) in [4.78, 5) is 14.3. The maximum Gasteiger partial charge on any atom is 0.323 e. The number of nitrogens with zero attached hydrogens (tertiary/aromatic N) is 2. The fraction of sp³-hybridized carbons (Fsp3) is 0.333. The Hall–Kier alpha value is -2.66. The van der Waals surface area contributed by atoms with Gasteiger partial charge in [-0.25, -0.2) is 0 Å². The largest absolute Gasteiger partial charge is 0.468 e. The molecule has 26 heavy (non-hydrogen) atoms. The Balaban J connectivity index is 1.74. The molecular weight excluding hydrogens is 328 g/mol. The second kappa shape index (κ2) is 6.92. The molecule has 0 saturated heterocycles. The van der Waals surface area contributed by atoms with Gasteiger partial charge >= 0.3 is 5.97 Å². The quantitative estimate of drug-likeness (QED) is 0.670. The van der Waals surface area contributed by atoms with E-state index in [9.17, 15) is 4.79 Å². The number of benzene rings is 2. The number of methoxy groups -OCH3 is 1. The Bertz CT molecular complexity index is 942. The molecule has 0 spiro atoms. The van der Waals surface area contributed by atoms with E-state index in [1.807, 2.05) is 25.1 Å². The van der Waals surface area contributed by atoms with Gasteiger partial charge in [0.15, 0.2) is 0 Å². The third-order valence-electron chi connectivity index (χ3n) is 5.20. The number of aromatic nitrogens is 1. The molecule has 0 saturated carbocycles. The predicted molar refractivity (Wildman–Crippen MR) is 99.7 cm³/mol. The van der Waals surface area contributed by atoms with Gasteiger partial charge in [0.05, 0.1) is 7.11 Å². The van der Waals surface area contributed by atoms with Crippen LogP contribution in [-0.4, -0.2) is 35.7 Å². The molecule has 2 heterocycles. The molecule has 3 aromatic rings. The first-order chi connectivity index (χ1) is 12.7. The van der Waals surface area contributed by atoms with Crippen LogP contribution in [0.25, 0.3) is 22.0 Å². The van der Waals surface area contributed by atoms with Crippen LogP contribution in [0.1, 0.15) is 24.7 Å². The number of hydrogen-bond donors (Lipinski definition) is 0. The van der Waals surface area contributed by atoms with E-state index in [-0.39, 0.29) is 12.0 Å². The molecule has 134 valence electrons. The molecule has 0 bridgehead atoms. The van der Waals surface area contributed by atoms with E-state index in [1.54, 1.807) is 0 Å². The summed E-state index contributed by atoms with van der Waals surface area (Å²) in [6.07, 6.45) is 1.47. The topological polar surface area (TPSA) is 55.6 Å². The molecule has 2 aromatic carbocycles. The van der Waals surface area contributed by atoms with Crippen LogP contribution < -0.4 is 0 Å². The average Bonchev–Trinajstić information content (AvgIpc) is 3.11. The standard InChI is InChI=1S/C21H22N2O3/c1-3-18(21(24)25-2)23-12-11-19-17(13-23)20(22-26-19)16-10-6-8-14-7-4-5-9-15(14)16/h4-10,18H,3,11-13H2,1-2H3/t18-/m0/s1. The lowest BCUT2D eigenvalue weighted by Gasteiger charge is -2.31. The lowest BCUT2D eigenvalue weighted by Crippen LogP contribution is -2.44. The molecule has 1 aliphatic rings. The highest BCUT2D eigenvalue weighted by Crippen LogP contribution is 2.34. The van der Waals surface area contributed by atoms with Crippen LogP contribution in [0.5, 0.6) is 0 Å². The van der Waals surface area contributed by atoms with Crippen LogP contribution in [0, 0.1) is 0 Å². The number of ether oxygens (including phenoxy) is 1. The summed E-state index contributed by atoms with van der Waals surface area (Å²) < 4.78 is 10.6. The van der Waals surface area contributed by atoms with Crippen LogP contribution >= 0.6 is 0 Å². The van der Waals surface area contributed by atoms with Crippen molar-refractivity contribution in [1.29, 1.82) is 0 Å². The summed E-state index contributed by atoms with van der Waals surface area (Å²) in [5.41, 5.74) is 3.03. The van der Waals surface area contributed by atoms with Crippen molar-refractivity contribution in [3.63, 3.8) is 0 Å². The second-order valence-corrected chi connectivity index (χ2v) is 6.63. The summed E-state index contributed by atoms with van der Waals surface area (Å²) >= 11 is 0. The fourth-order valence-electron chi connectivity index (χ4n) is 3.85. The fourth-order valence-corrected chi connectivity index (χ4v) is 3.85. The van der Waals surface area contributed by atoms with Gasteiger partial charge in [-0.15, -0.1) is 0 Å². The van der Waals surface area contributed by atoms with Crippen molar-refractivity contribution in [2.75, 3.05) is 13.7 Å². The number of rotatable bonds is 4. The average molecular weight is 350 g/mol. The van der Waals surface area contributed by atoms with E-state index in [0.717, 1.165) is 47.4 Å². The van der Waals surface area contributed by atoms with Crippen molar-refractivity contribution in [3.8, 4) is 11.3 Å². The molecule has 0 fully saturated rings. The van der Waals surface area contributed by atoms with Crippen molar-refractivity contribution in [3.05, 3.63) is 53.8 Å². The highest BCUT2D eigenvalue weighted by Gasteiger charge is 2.32. The molecule has 1 atom stereocenters. The first-order valence-electron chi connectivity index (χ1n) is 9.00. The van der Waals surface area contributed by atoms with Crippen LogP contribution in [0.15, 0.2) is 47.0 Å². The van der Waals surface area contributed by atoms with E-state index >= 15 is 0 Å². The first kappa shape index (κ1) is 16.8. The molecule has 0 aliphatic carbocycles. The molecule has 1 aliphatic heterocycles. The second-order valence-electron chi connectivity index (χ2n) is 6.63. The van der Waals surface area contributed by atoms with Crippen LogP contribution in [0.3, 0.4) is 0 Å². The van der Waals surface area contributed by atoms with Crippen LogP contribution in [-0.2, 0) is 22.5 Å². The van der Waals surface area contributed by atoms with Crippen LogP contribution in [0.2, 0.25) is 0 Å². The third-order valence-corrected chi connectivity index (χ3v) is 5.20. The molecule has 0 N–H and O–H groups in total. The van der Waals surface area contributed by atoms with Gasteiger partial charge in [0.1, 0.15) is 17.5 Å². The van der Waals surface area contributed by atoms with E-state index in [1.165, 1.54) is 12.5 Å². The number of carbonyl (C=O) groups excluding carboxylic acids is 1. The number of hydrogen-bond acceptors (Lipinski definition) is 5. The molecule has 0 amide bonds. The lowest BCUT2D eigenvalue weighted by atomic mass is 9.96. The normalized spacial score (nSPS) is 15.6. The minimum absolute atomic E-state index is 0.181. The molecular formula is C21H22N2O3. The number of fused-ring (bicyclic) bond motifs is 2. The maximum absolute atomic E-state index is 12.1. The Kier molecular flexibility index (Phi) is 4.47. The van der Waals surface area contributed by atoms with Crippen molar-refractivity contribution in [2.24, 2.45) is 0 Å². The molecule has 0 radical (unpaired) electrons. The minimum atomic E-state index is -0.233. The monoisotopic (exact) mass is 350 g/mol. The zero-order chi connectivity index (χ0) is 18.1. The molecule has 0 unspecified atom stereocenters. The predicted octanol–water partition coefficient (Wildman–Crippen LogP) is 3.80. The summed E-state index contributed by atoms with van der Waals surface area (Å²) in [5, 5.41) is 6.72. The summed E-state index contributed by atoms with van der Waals surface area (Å²) in [7, 11) is 1.45. The van der Waals surface area contributed by atoms with Gasteiger partial charge in [-0.2, -0.15) is 0 Å². The Labute approximate surface area is 152 Å². The lowest BCUT2D eigenvalue weighted by molar-refractivity contribution is -0.147. The van der Waals surface area contributed by atoms with E-state index in [0.29, 0.717) is 6.54 Å². The molecule has 5 heteroatoms. The van der Waals surface area contributed by atoms with Gasteiger partial charge in [-0.1, -0.05) is 54.5 Å². The Morgan fingerprint density at radius 1 is 1.27 bits per heavy atom. The third kappa shape index (κ3) is 2.78. The number of esters is 1. The SMILES string of the molecule is CC[C@@H](C(=O)OC)N1CCc2onc(-c3cccc4ccccc34)c2C1. The highest BCUT2D eigenvalue weighted by molar-refractivity contribution is 5.96. The Morgan fingerprint density at radius 3 is 2.88 bits per heavy atom. The molecule has 5 nitrogen and oxygen atoms in total. The summed E-state index contributed by atoms with van der Waals surface area (Å²) in [5.74, 6) is 0.739. The van der Waals surface area contributed by atoms with Gasteiger partial charge in [-0.3, -0.25) is 9.69 Å². The Morgan fingerprint density at radius 2 is 2.08 bits per heavy atom. The first-order valence-corrected chi connectivity index (χ1v) is 9.00. The molecule has 4 rings (SSSR count). The number of carbonyl (C=O) groups is 1. The maximum atomic E-state index is 12.1. The van der Waals surface area contributed by atoms with Crippen molar-refractivity contribution in [1.82, 2.24) is 10.1 Å². The van der Waals surface area contributed by atoms with Gasteiger partial charge in [0.25, 0.3) is 0 Å². The highest BCUT2D eigenvalue weighted by atomic mass is 16.5. The van der Waals surface area contributed by atoms with E-state index in [4.69, 9.17) is 9.26 Å². The van der Waals surface area contributed by atoms with Gasteiger partial charge in [0.2, 0.25) is 0 Å². The van der Waals surface area contributed by atoms with Crippen LogP contribution in [0.4, 0.5) is 0 Å². The van der Waals surface area contributed by atoms with Gasteiger partial charge < -0.3 is 9.26 Å². The van der Waals surface area contributed by atoms with Gasteiger partial charge in [-0.05, 0) is 17.2 Å².